The average molecular weight is 393 g/mol. The first-order valence-corrected chi connectivity index (χ1v) is 8.55. The number of amides is 2. The topological polar surface area (TPSA) is 119 Å². The largest absolute Gasteiger partial charge is 0.493 e. The minimum absolute atomic E-state index is 0.353. The van der Waals surface area contributed by atoms with Gasteiger partial charge in [0.1, 0.15) is 17.7 Å². The molecule has 2 N–H and O–H groups in total. The van der Waals surface area contributed by atoms with Crippen LogP contribution in [0, 0.1) is 11.3 Å². The Morgan fingerprint density at radius 2 is 1.57 bits per heavy atom. The van der Waals surface area contributed by atoms with E-state index in [1.165, 1.54) is 28.3 Å². The van der Waals surface area contributed by atoms with E-state index in [-0.39, 0.29) is 0 Å². The minimum atomic E-state index is -0.996. The molecule has 154 valence electrons. The SMILES string of the molecule is COc1cc(C(C#N)NC(=O)[C@@H](C)NC(=O)OC(C)(C)C)cc(OC)c1OC. The predicted molar refractivity (Wildman–Crippen MR) is 101 cm³/mol. The van der Waals surface area contributed by atoms with Crippen LogP contribution < -0.4 is 24.8 Å². The minimum Gasteiger partial charge on any atom is -0.493 e. The van der Waals surface area contributed by atoms with Gasteiger partial charge in [-0.05, 0) is 45.4 Å². The van der Waals surface area contributed by atoms with Crippen LogP contribution in [0.25, 0.3) is 0 Å². The summed E-state index contributed by atoms with van der Waals surface area (Å²) in [6.45, 7) is 6.64. The molecule has 9 nitrogen and oxygen atoms in total. The first kappa shape index (κ1) is 22.9. The van der Waals surface area contributed by atoms with Crippen LogP contribution in [-0.4, -0.2) is 45.0 Å². The summed E-state index contributed by atoms with van der Waals surface area (Å²) in [4.78, 5) is 24.2. The molecule has 2 amide bonds. The number of nitriles is 1. The lowest BCUT2D eigenvalue weighted by atomic mass is 10.1. The van der Waals surface area contributed by atoms with Gasteiger partial charge in [-0.15, -0.1) is 0 Å². The number of hydrogen-bond donors (Lipinski definition) is 2. The van der Waals surface area contributed by atoms with E-state index in [0.29, 0.717) is 22.8 Å². The van der Waals surface area contributed by atoms with E-state index in [0.717, 1.165) is 0 Å². The highest BCUT2D eigenvalue weighted by atomic mass is 16.6. The van der Waals surface area contributed by atoms with Gasteiger partial charge in [-0.2, -0.15) is 5.26 Å². The van der Waals surface area contributed by atoms with Crippen molar-refractivity contribution in [3.63, 3.8) is 0 Å². The Morgan fingerprint density at radius 1 is 1.04 bits per heavy atom. The maximum atomic E-state index is 12.4. The van der Waals surface area contributed by atoms with Crippen LogP contribution in [0.4, 0.5) is 4.79 Å². The monoisotopic (exact) mass is 393 g/mol. The second kappa shape index (κ2) is 9.69. The van der Waals surface area contributed by atoms with Crippen LogP contribution in [-0.2, 0) is 9.53 Å². The molecule has 1 rings (SSSR count). The smallest absolute Gasteiger partial charge is 0.408 e. The number of nitrogens with zero attached hydrogens (tertiary/aromatic N) is 1. The van der Waals surface area contributed by atoms with Crippen LogP contribution in [0.15, 0.2) is 12.1 Å². The Hall–Kier alpha value is -3.15. The summed E-state index contributed by atoms with van der Waals surface area (Å²) < 4.78 is 20.9. The summed E-state index contributed by atoms with van der Waals surface area (Å²) in [6.07, 6.45) is -0.726. The van der Waals surface area contributed by atoms with Gasteiger partial charge in [0.25, 0.3) is 0 Å². The molecule has 0 fully saturated rings. The molecule has 28 heavy (non-hydrogen) atoms. The van der Waals surface area contributed by atoms with Gasteiger partial charge in [0, 0.05) is 0 Å². The van der Waals surface area contributed by atoms with Crippen molar-refractivity contribution in [1.82, 2.24) is 10.6 Å². The number of hydrogen-bond acceptors (Lipinski definition) is 7. The van der Waals surface area contributed by atoms with Crippen LogP contribution in [0.1, 0.15) is 39.3 Å². The van der Waals surface area contributed by atoms with Crippen molar-refractivity contribution in [2.75, 3.05) is 21.3 Å². The molecule has 0 radical (unpaired) electrons. The van der Waals surface area contributed by atoms with E-state index in [1.807, 2.05) is 6.07 Å². The molecule has 0 saturated carbocycles. The second-order valence-electron chi connectivity index (χ2n) is 6.90. The summed E-state index contributed by atoms with van der Waals surface area (Å²) in [5, 5.41) is 14.5. The maximum absolute atomic E-state index is 12.4. The van der Waals surface area contributed by atoms with Crippen molar-refractivity contribution >= 4 is 12.0 Å². The van der Waals surface area contributed by atoms with E-state index < -0.39 is 29.7 Å². The molecular formula is C19H27N3O6. The normalized spacial score (nSPS) is 12.8. The number of ether oxygens (including phenoxy) is 4. The number of rotatable bonds is 7. The van der Waals surface area contributed by atoms with Gasteiger partial charge in [0.05, 0.1) is 27.4 Å². The highest BCUT2D eigenvalue weighted by molar-refractivity contribution is 5.85. The fourth-order valence-electron chi connectivity index (χ4n) is 2.28. The molecule has 0 saturated heterocycles. The fourth-order valence-corrected chi connectivity index (χ4v) is 2.28. The van der Waals surface area contributed by atoms with Crippen molar-refractivity contribution in [1.29, 1.82) is 5.26 Å². The third-order valence-electron chi connectivity index (χ3n) is 3.56. The molecule has 0 bridgehead atoms. The van der Waals surface area contributed by atoms with Crippen molar-refractivity contribution < 1.29 is 28.5 Å². The summed E-state index contributed by atoms with van der Waals surface area (Å²) in [7, 11) is 4.37. The van der Waals surface area contributed by atoms with E-state index in [1.54, 1.807) is 32.9 Å². The zero-order valence-corrected chi connectivity index (χ0v) is 17.2. The van der Waals surface area contributed by atoms with Gasteiger partial charge in [-0.3, -0.25) is 4.79 Å². The molecule has 0 aliphatic heterocycles. The number of benzene rings is 1. The highest BCUT2D eigenvalue weighted by Crippen LogP contribution is 2.39. The molecule has 9 heteroatoms. The lowest BCUT2D eigenvalue weighted by Gasteiger charge is -2.22. The van der Waals surface area contributed by atoms with Gasteiger partial charge in [0.2, 0.25) is 11.7 Å². The lowest BCUT2D eigenvalue weighted by Crippen LogP contribution is -2.47. The molecule has 0 spiro atoms. The Kier molecular flexibility index (Phi) is 7.92. The summed E-state index contributed by atoms with van der Waals surface area (Å²) in [5.41, 5.74) is -0.249. The van der Waals surface area contributed by atoms with E-state index in [4.69, 9.17) is 18.9 Å². The van der Waals surface area contributed by atoms with Crippen LogP contribution in [0.5, 0.6) is 17.2 Å². The van der Waals surface area contributed by atoms with Crippen molar-refractivity contribution in [3.8, 4) is 23.3 Å². The molecular weight excluding hydrogens is 366 g/mol. The zero-order chi connectivity index (χ0) is 21.5. The van der Waals surface area contributed by atoms with Crippen molar-refractivity contribution in [2.24, 2.45) is 0 Å². The number of nitrogens with one attached hydrogen (secondary N) is 2. The molecule has 2 atom stereocenters. The zero-order valence-electron chi connectivity index (χ0n) is 17.2. The standard InChI is InChI=1S/C19H27N3O6/c1-11(21-18(24)28-19(2,3)4)17(23)22-13(10-20)12-8-14(25-5)16(27-7)15(9-12)26-6/h8-9,11,13H,1-7H3,(H,21,24)(H,22,23)/t11-,13?/m1/s1. The quantitative estimate of drug-likeness (QED) is 0.729. The molecule has 1 aromatic carbocycles. The third-order valence-corrected chi connectivity index (χ3v) is 3.56. The third kappa shape index (κ3) is 6.23. The molecule has 0 aromatic heterocycles. The Labute approximate surface area is 164 Å². The molecule has 1 unspecified atom stereocenters. The van der Waals surface area contributed by atoms with E-state index in [2.05, 4.69) is 10.6 Å². The number of carbonyl (C=O) groups excluding carboxylic acids is 2. The lowest BCUT2D eigenvalue weighted by molar-refractivity contribution is -0.123. The van der Waals surface area contributed by atoms with Gasteiger partial charge in [-0.25, -0.2) is 4.79 Å². The van der Waals surface area contributed by atoms with Crippen LogP contribution in [0.3, 0.4) is 0 Å². The van der Waals surface area contributed by atoms with Gasteiger partial charge in [0.15, 0.2) is 11.5 Å². The van der Waals surface area contributed by atoms with Crippen molar-refractivity contribution in [3.05, 3.63) is 17.7 Å². The molecule has 0 aliphatic rings. The van der Waals surface area contributed by atoms with Gasteiger partial charge in [-0.1, -0.05) is 0 Å². The van der Waals surface area contributed by atoms with Gasteiger partial charge >= 0.3 is 6.09 Å². The number of methoxy groups -OCH3 is 3. The number of carbonyl (C=O) groups is 2. The summed E-state index contributed by atoms with van der Waals surface area (Å²) in [5.74, 6) is 0.528. The molecule has 0 heterocycles. The van der Waals surface area contributed by atoms with E-state index >= 15 is 0 Å². The van der Waals surface area contributed by atoms with Gasteiger partial charge < -0.3 is 29.6 Å². The summed E-state index contributed by atoms with van der Waals surface area (Å²) >= 11 is 0. The van der Waals surface area contributed by atoms with E-state index in [9.17, 15) is 14.9 Å². The molecule has 0 aliphatic carbocycles. The maximum Gasteiger partial charge on any atom is 0.408 e. The van der Waals surface area contributed by atoms with Crippen molar-refractivity contribution in [2.45, 2.75) is 45.4 Å². The fraction of sp³-hybridized carbons (Fsp3) is 0.526. The van der Waals surface area contributed by atoms with Crippen LogP contribution in [0.2, 0.25) is 0 Å². The Bertz CT molecular complexity index is 726. The average Bonchev–Trinajstić information content (AvgIpc) is 2.62. The highest BCUT2D eigenvalue weighted by Gasteiger charge is 2.25. The number of alkyl carbamates (subject to hydrolysis) is 1. The Morgan fingerprint density at radius 3 is 1.96 bits per heavy atom. The second-order valence-corrected chi connectivity index (χ2v) is 6.90. The summed E-state index contributed by atoms with van der Waals surface area (Å²) in [6, 6.07) is 3.24. The van der Waals surface area contributed by atoms with Crippen LogP contribution >= 0.6 is 0 Å². The Balaban J connectivity index is 2.96. The first-order valence-electron chi connectivity index (χ1n) is 8.55. The first-order chi connectivity index (χ1) is 13.1. The molecule has 1 aromatic rings. The predicted octanol–water partition coefficient (Wildman–Crippen LogP) is 2.31.